The van der Waals surface area contributed by atoms with Crippen molar-refractivity contribution in [1.29, 1.82) is 0 Å². The number of rotatable bonds is 4. The number of hydrogen-bond donors (Lipinski definition) is 1. The van der Waals surface area contributed by atoms with Gasteiger partial charge in [0.1, 0.15) is 0 Å². The first-order chi connectivity index (χ1) is 6.34. The second-order valence-electron chi connectivity index (χ2n) is 4.42. The smallest absolute Gasteiger partial charge is 0.240 e. The second-order valence-corrected chi connectivity index (χ2v) is 4.42. The maximum absolute atomic E-state index is 11.9. The molecule has 0 aliphatic heterocycles. The quantitative estimate of drug-likeness (QED) is 0.696. The van der Waals surface area contributed by atoms with Gasteiger partial charge >= 0.3 is 0 Å². The Morgan fingerprint density at radius 1 is 1.57 bits per heavy atom. The molecule has 14 heavy (non-hydrogen) atoms. The standard InChI is InChI=1S/C11H22N2O/c1-6-8-13(11(3,4)5)10(14)9(12)7-2/h6,9H,1,7-8,12H2,2-5H3/t9-/m0/s1. The van der Waals surface area contributed by atoms with E-state index in [2.05, 4.69) is 6.58 Å². The fraction of sp³-hybridized carbons (Fsp3) is 0.727. The monoisotopic (exact) mass is 198 g/mol. The normalized spacial score (nSPS) is 13.5. The Hall–Kier alpha value is -0.830. The Morgan fingerprint density at radius 3 is 2.36 bits per heavy atom. The number of amides is 1. The molecule has 0 rings (SSSR count). The summed E-state index contributed by atoms with van der Waals surface area (Å²) in [7, 11) is 0. The largest absolute Gasteiger partial charge is 0.333 e. The molecular weight excluding hydrogens is 176 g/mol. The van der Waals surface area contributed by atoms with E-state index in [1.807, 2.05) is 27.7 Å². The minimum Gasteiger partial charge on any atom is -0.333 e. The molecule has 0 aromatic carbocycles. The molecule has 1 amide bonds. The topological polar surface area (TPSA) is 46.3 Å². The highest BCUT2D eigenvalue weighted by Crippen LogP contribution is 2.14. The Bertz CT molecular complexity index is 206. The lowest BCUT2D eigenvalue weighted by molar-refractivity contribution is -0.136. The Kier molecular flexibility index (Phi) is 4.85. The summed E-state index contributed by atoms with van der Waals surface area (Å²) >= 11 is 0. The number of nitrogens with two attached hydrogens (primary N) is 1. The van der Waals surface area contributed by atoms with E-state index in [-0.39, 0.29) is 11.4 Å². The number of hydrogen-bond acceptors (Lipinski definition) is 2. The van der Waals surface area contributed by atoms with E-state index in [4.69, 9.17) is 5.73 Å². The molecule has 0 aliphatic carbocycles. The van der Waals surface area contributed by atoms with Crippen LogP contribution in [-0.4, -0.2) is 28.9 Å². The Balaban J connectivity index is 4.65. The summed E-state index contributed by atoms with van der Waals surface area (Å²) in [5, 5.41) is 0. The first-order valence-electron chi connectivity index (χ1n) is 5.02. The third-order valence-electron chi connectivity index (χ3n) is 2.14. The van der Waals surface area contributed by atoms with Crippen molar-refractivity contribution < 1.29 is 4.79 Å². The molecule has 0 aliphatic rings. The minimum absolute atomic E-state index is 0.0000926. The van der Waals surface area contributed by atoms with Crippen LogP contribution in [-0.2, 0) is 4.79 Å². The van der Waals surface area contributed by atoms with Crippen molar-refractivity contribution in [2.24, 2.45) is 5.73 Å². The van der Waals surface area contributed by atoms with Crippen molar-refractivity contribution in [2.75, 3.05) is 6.54 Å². The zero-order chi connectivity index (χ0) is 11.4. The summed E-state index contributed by atoms with van der Waals surface area (Å²) < 4.78 is 0. The highest BCUT2D eigenvalue weighted by atomic mass is 16.2. The summed E-state index contributed by atoms with van der Waals surface area (Å²) in [6, 6.07) is -0.394. The van der Waals surface area contributed by atoms with Crippen LogP contribution in [0.2, 0.25) is 0 Å². The van der Waals surface area contributed by atoms with Gasteiger partial charge in [-0.2, -0.15) is 0 Å². The third-order valence-corrected chi connectivity index (χ3v) is 2.14. The van der Waals surface area contributed by atoms with E-state index in [1.165, 1.54) is 0 Å². The molecule has 0 spiro atoms. The summed E-state index contributed by atoms with van der Waals surface area (Å²) in [6.07, 6.45) is 2.40. The van der Waals surface area contributed by atoms with Gasteiger partial charge in [0, 0.05) is 12.1 Å². The molecule has 0 radical (unpaired) electrons. The molecule has 0 aromatic rings. The average molecular weight is 198 g/mol. The van der Waals surface area contributed by atoms with Crippen LogP contribution in [0.3, 0.4) is 0 Å². The SMILES string of the molecule is C=CCN(C(=O)[C@@H](N)CC)C(C)(C)C. The molecule has 82 valence electrons. The molecule has 3 heteroatoms. The predicted molar refractivity (Wildman–Crippen MR) is 59.9 cm³/mol. The van der Waals surface area contributed by atoms with Crippen molar-refractivity contribution >= 4 is 5.91 Å². The molecule has 3 nitrogen and oxygen atoms in total. The van der Waals surface area contributed by atoms with E-state index in [0.717, 1.165) is 0 Å². The van der Waals surface area contributed by atoms with E-state index < -0.39 is 6.04 Å². The van der Waals surface area contributed by atoms with Gasteiger partial charge in [-0.05, 0) is 27.2 Å². The van der Waals surface area contributed by atoms with Crippen molar-refractivity contribution in [2.45, 2.75) is 45.7 Å². The highest BCUT2D eigenvalue weighted by Gasteiger charge is 2.27. The predicted octanol–water partition coefficient (Wildman–Crippen LogP) is 1.54. The van der Waals surface area contributed by atoms with Gasteiger partial charge in [-0.3, -0.25) is 4.79 Å². The fourth-order valence-electron chi connectivity index (χ4n) is 1.20. The average Bonchev–Trinajstić information content (AvgIpc) is 2.09. The molecule has 0 heterocycles. The maximum Gasteiger partial charge on any atom is 0.240 e. The first-order valence-corrected chi connectivity index (χ1v) is 5.02. The third kappa shape index (κ3) is 3.50. The first kappa shape index (κ1) is 13.2. The van der Waals surface area contributed by atoms with Gasteiger partial charge in [0.15, 0.2) is 0 Å². The van der Waals surface area contributed by atoms with Gasteiger partial charge in [-0.15, -0.1) is 6.58 Å². The van der Waals surface area contributed by atoms with E-state index in [0.29, 0.717) is 13.0 Å². The molecule has 0 fully saturated rings. The van der Waals surface area contributed by atoms with Gasteiger partial charge in [-0.1, -0.05) is 13.0 Å². The van der Waals surface area contributed by atoms with Crippen molar-refractivity contribution in [1.82, 2.24) is 4.90 Å². The summed E-state index contributed by atoms with van der Waals surface area (Å²) in [5.74, 6) is -0.0000926. The fourth-order valence-corrected chi connectivity index (χ4v) is 1.20. The van der Waals surface area contributed by atoms with E-state index in [1.54, 1.807) is 11.0 Å². The van der Waals surface area contributed by atoms with Crippen LogP contribution in [0, 0.1) is 0 Å². The van der Waals surface area contributed by atoms with Crippen LogP contribution < -0.4 is 5.73 Å². The van der Waals surface area contributed by atoms with E-state index >= 15 is 0 Å². The van der Waals surface area contributed by atoms with Gasteiger partial charge in [0.2, 0.25) is 5.91 Å². The lowest BCUT2D eigenvalue weighted by atomic mass is 10.0. The van der Waals surface area contributed by atoms with Gasteiger partial charge in [0.05, 0.1) is 6.04 Å². The van der Waals surface area contributed by atoms with Crippen molar-refractivity contribution in [3.8, 4) is 0 Å². The van der Waals surface area contributed by atoms with Crippen molar-refractivity contribution in [3.05, 3.63) is 12.7 Å². The second kappa shape index (κ2) is 5.15. The Labute approximate surface area is 87.0 Å². The lowest BCUT2D eigenvalue weighted by Crippen LogP contribution is -2.52. The highest BCUT2D eigenvalue weighted by molar-refractivity contribution is 5.82. The van der Waals surface area contributed by atoms with Crippen molar-refractivity contribution in [3.63, 3.8) is 0 Å². The van der Waals surface area contributed by atoms with Gasteiger partial charge in [0.25, 0.3) is 0 Å². The van der Waals surface area contributed by atoms with Gasteiger partial charge < -0.3 is 10.6 Å². The molecule has 0 unspecified atom stereocenters. The zero-order valence-corrected chi connectivity index (χ0v) is 9.71. The minimum atomic E-state index is -0.394. The van der Waals surface area contributed by atoms with Crippen LogP contribution in [0.25, 0.3) is 0 Å². The van der Waals surface area contributed by atoms with Crippen LogP contribution in [0.4, 0.5) is 0 Å². The molecule has 0 aromatic heterocycles. The number of carbonyl (C=O) groups excluding carboxylic acids is 1. The molecule has 0 saturated carbocycles. The molecule has 0 bridgehead atoms. The maximum atomic E-state index is 11.9. The molecule has 2 N–H and O–H groups in total. The summed E-state index contributed by atoms with van der Waals surface area (Å²) in [6.45, 7) is 12.1. The summed E-state index contributed by atoms with van der Waals surface area (Å²) in [5.41, 5.74) is 5.52. The van der Waals surface area contributed by atoms with Gasteiger partial charge in [-0.25, -0.2) is 0 Å². The number of nitrogens with zero attached hydrogens (tertiary/aromatic N) is 1. The zero-order valence-electron chi connectivity index (χ0n) is 9.71. The Morgan fingerprint density at radius 2 is 2.07 bits per heavy atom. The van der Waals surface area contributed by atoms with Crippen LogP contribution >= 0.6 is 0 Å². The van der Waals surface area contributed by atoms with Crippen LogP contribution in [0.15, 0.2) is 12.7 Å². The molecule has 0 saturated heterocycles. The molecular formula is C11H22N2O. The van der Waals surface area contributed by atoms with Crippen LogP contribution in [0.5, 0.6) is 0 Å². The molecule has 1 atom stereocenters. The summed E-state index contributed by atoms with van der Waals surface area (Å²) in [4.78, 5) is 13.6. The number of carbonyl (C=O) groups is 1. The van der Waals surface area contributed by atoms with Crippen LogP contribution in [0.1, 0.15) is 34.1 Å². The lowest BCUT2D eigenvalue weighted by Gasteiger charge is -2.36. The van der Waals surface area contributed by atoms with E-state index in [9.17, 15) is 4.79 Å².